The molecule has 1 aliphatic carbocycles. The minimum atomic E-state index is -1.32. The van der Waals surface area contributed by atoms with E-state index in [9.17, 15) is 9.00 Å². The molecule has 28 heavy (non-hydrogen) atoms. The van der Waals surface area contributed by atoms with Crippen LogP contribution in [-0.4, -0.2) is 15.2 Å². The van der Waals surface area contributed by atoms with E-state index >= 15 is 0 Å². The molecule has 1 aromatic carbocycles. The summed E-state index contributed by atoms with van der Waals surface area (Å²) in [5.41, 5.74) is 3.59. The summed E-state index contributed by atoms with van der Waals surface area (Å²) < 4.78 is 14.1. The van der Waals surface area contributed by atoms with Crippen molar-refractivity contribution in [3.8, 4) is 0 Å². The highest BCUT2D eigenvalue weighted by atomic mass is 32.2. The van der Waals surface area contributed by atoms with E-state index in [1.165, 1.54) is 5.56 Å². The summed E-state index contributed by atoms with van der Waals surface area (Å²) in [6.07, 6.45) is 0.844. The molecule has 0 saturated heterocycles. The number of ketones is 1. The van der Waals surface area contributed by atoms with Crippen LogP contribution in [0.4, 0.5) is 0 Å². The molecule has 0 bridgehead atoms. The molecule has 2 rings (SSSR count). The van der Waals surface area contributed by atoms with E-state index in [0.717, 1.165) is 22.4 Å². The van der Waals surface area contributed by atoms with E-state index in [1.54, 1.807) is 0 Å². The first kappa shape index (κ1) is 23.3. The number of Topliss-reactive ketones (excluding diaryl/α,β-unsaturated/α-hetero) is 1. The lowest BCUT2D eigenvalue weighted by molar-refractivity contribution is -0.120. The van der Waals surface area contributed by atoms with E-state index < -0.39 is 16.0 Å². The molecular weight excluding hydrogens is 364 g/mol. The fourth-order valence-electron chi connectivity index (χ4n) is 4.41. The van der Waals surface area contributed by atoms with Crippen molar-refractivity contribution in [2.75, 3.05) is 0 Å². The van der Waals surface area contributed by atoms with Gasteiger partial charge in [0.1, 0.15) is 5.25 Å². The van der Waals surface area contributed by atoms with Gasteiger partial charge >= 0.3 is 0 Å². The van der Waals surface area contributed by atoms with E-state index in [4.69, 9.17) is 0 Å². The van der Waals surface area contributed by atoms with Crippen molar-refractivity contribution in [1.82, 2.24) is 0 Å². The van der Waals surface area contributed by atoms with Crippen LogP contribution in [0, 0.1) is 17.3 Å². The summed E-state index contributed by atoms with van der Waals surface area (Å²) in [6, 6.07) is 4.48. The quantitative estimate of drug-likeness (QED) is 0.540. The van der Waals surface area contributed by atoms with Gasteiger partial charge in [-0.25, -0.2) is 0 Å². The average Bonchev–Trinajstić information content (AvgIpc) is 2.88. The zero-order valence-electron chi connectivity index (χ0n) is 19.6. The molecular formula is C25H40O2S. The Morgan fingerprint density at radius 1 is 0.929 bits per heavy atom. The zero-order chi connectivity index (χ0) is 21.5. The van der Waals surface area contributed by atoms with Crippen LogP contribution < -0.4 is 0 Å². The summed E-state index contributed by atoms with van der Waals surface area (Å²) in [5, 5.41) is -0.394. The van der Waals surface area contributed by atoms with Gasteiger partial charge in [0.25, 0.3) is 0 Å². The van der Waals surface area contributed by atoms with Crippen LogP contribution in [0.1, 0.15) is 110 Å². The lowest BCUT2D eigenvalue weighted by atomic mass is 9.79. The summed E-state index contributed by atoms with van der Waals surface area (Å²) in [5.74, 6) is 1.32. The van der Waals surface area contributed by atoms with Crippen LogP contribution in [0.5, 0.6) is 0 Å². The summed E-state index contributed by atoms with van der Waals surface area (Å²) >= 11 is 0. The molecule has 0 aliphatic heterocycles. The lowest BCUT2D eigenvalue weighted by Gasteiger charge is -2.32. The molecule has 3 heteroatoms. The fourth-order valence-corrected chi connectivity index (χ4v) is 6.98. The van der Waals surface area contributed by atoms with Crippen molar-refractivity contribution in [3.63, 3.8) is 0 Å². The molecule has 1 fully saturated rings. The maximum atomic E-state index is 14.1. The van der Waals surface area contributed by atoms with Gasteiger partial charge in [0.15, 0.2) is 5.78 Å². The first-order chi connectivity index (χ1) is 12.8. The predicted molar refractivity (Wildman–Crippen MR) is 121 cm³/mol. The molecule has 0 radical (unpaired) electrons. The van der Waals surface area contributed by atoms with E-state index in [0.29, 0.717) is 5.92 Å². The van der Waals surface area contributed by atoms with Gasteiger partial charge in [-0.3, -0.25) is 9.00 Å². The SMILES string of the molecule is CC(C)c1cc(C(C)C)c([S@](=O)[C@H]2C(=O)[C@H](C)C[C@@H]2C(C)(C)C)c(C(C)C)c1. The van der Waals surface area contributed by atoms with Gasteiger partial charge in [0, 0.05) is 10.8 Å². The Balaban J connectivity index is 2.71. The number of rotatable bonds is 5. The van der Waals surface area contributed by atoms with Crippen LogP contribution in [0.3, 0.4) is 0 Å². The van der Waals surface area contributed by atoms with Crippen molar-refractivity contribution in [2.45, 2.75) is 104 Å². The normalized spacial score (nSPS) is 24.6. The number of hydrogen-bond donors (Lipinski definition) is 0. The Labute approximate surface area is 175 Å². The maximum Gasteiger partial charge on any atom is 0.151 e. The standard InChI is InChI=1S/C25H40O2S/c1-14(2)18-12-19(15(3)4)23(20(13-18)16(5)6)28(27)24-21(25(8,9)10)11-17(7)22(24)26/h12-17,21,24H,11H2,1-10H3/t17-,21+,24-,28+/m1/s1. The Kier molecular flexibility index (Phi) is 7.01. The largest absolute Gasteiger partial charge is 0.298 e. The minimum absolute atomic E-state index is 0.00175. The van der Waals surface area contributed by atoms with Gasteiger partial charge in [0.2, 0.25) is 0 Å². The van der Waals surface area contributed by atoms with Crippen molar-refractivity contribution >= 4 is 16.6 Å². The molecule has 0 unspecified atom stereocenters. The first-order valence-electron chi connectivity index (χ1n) is 10.9. The first-order valence-corrected chi connectivity index (χ1v) is 12.1. The van der Waals surface area contributed by atoms with Crippen molar-refractivity contribution in [1.29, 1.82) is 0 Å². The number of carbonyl (C=O) groups excluding carboxylic acids is 1. The van der Waals surface area contributed by atoms with Crippen LogP contribution in [0.15, 0.2) is 17.0 Å². The molecule has 0 spiro atoms. The molecule has 0 amide bonds. The Morgan fingerprint density at radius 3 is 1.75 bits per heavy atom. The molecule has 1 saturated carbocycles. The highest BCUT2D eigenvalue weighted by Gasteiger charge is 2.49. The molecule has 0 N–H and O–H groups in total. The van der Waals surface area contributed by atoms with Crippen molar-refractivity contribution < 1.29 is 9.00 Å². The van der Waals surface area contributed by atoms with Crippen LogP contribution in [0.2, 0.25) is 0 Å². The summed E-state index contributed by atoms with van der Waals surface area (Å²) in [6.45, 7) is 21.7. The molecule has 1 aliphatic rings. The van der Waals surface area contributed by atoms with Crippen molar-refractivity contribution in [3.05, 3.63) is 28.8 Å². The van der Waals surface area contributed by atoms with E-state index in [1.807, 2.05) is 6.92 Å². The Bertz CT molecular complexity index is 723. The van der Waals surface area contributed by atoms with Gasteiger partial charge in [-0.15, -0.1) is 0 Å². The zero-order valence-corrected chi connectivity index (χ0v) is 20.4. The lowest BCUT2D eigenvalue weighted by Crippen LogP contribution is -2.36. The highest BCUT2D eigenvalue weighted by Crippen LogP contribution is 2.46. The third-order valence-electron chi connectivity index (χ3n) is 6.36. The second-order valence-electron chi connectivity index (χ2n) is 10.7. The van der Waals surface area contributed by atoms with Gasteiger partial charge in [0.05, 0.1) is 10.8 Å². The Hall–Kier alpha value is -0.960. The summed E-state index contributed by atoms with van der Waals surface area (Å²) in [7, 11) is -1.32. The molecule has 1 aromatic rings. The van der Waals surface area contributed by atoms with E-state index in [2.05, 4.69) is 74.4 Å². The number of hydrogen-bond acceptors (Lipinski definition) is 2. The van der Waals surface area contributed by atoms with E-state index in [-0.39, 0.29) is 34.9 Å². The topological polar surface area (TPSA) is 34.1 Å². The number of carbonyl (C=O) groups is 1. The monoisotopic (exact) mass is 404 g/mol. The molecule has 2 nitrogen and oxygen atoms in total. The molecule has 158 valence electrons. The van der Waals surface area contributed by atoms with Crippen molar-refractivity contribution in [2.24, 2.45) is 17.3 Å². The fraction of sp³-hybridized carbons (Fsp3) is 0.720. The molecule has 0 aromatic heterocycles. The van der Waals surface area contributed by atoms with Gasteiger partial charge in [-0.2, -0.15) is 0 Å². The second-order valence-corrected chi connectivity index (χ2v) is 12.2. The third kappa shape index (κ3) is 4.45. The second kappa shape index (κ2) is 8.42. The van der Waals surface area contributed by atoms with Crippen LogP contribution in [-0.2, 0) is 15.6 Å². The third-order valence-corrected chi connectivity index (χ3v) is 8.26. The smallest absolute Gasteiger partial charge is 0.151 e. The average molecular weight is 405 g/mol. The minimum Gasteiger partial charge on any atom is -0.298 e. The maximum absolute atomic E-state index is 14.1. The van der Waals surface area contributed by atoms with Gasteiger partial charge in [-0.05, 0) is 52.2 Å². The molecule has 0 heterocycles. The predicted octanol–water partition coefficient (Wildman–Crippen LogP) is 6.80. The highest BCUT2D eigenvalue weighted by molar-refractivity contribution is 7.86. The van der Waals surface area contributed by atoms with Gasteiger partial charge < -0.3 is 0 Å². The van der Waals surface area contributed by atoms with Crippen LogP contribution in [0.25, 0.3) is 0 Å². The molecule has 4 atom stereocenters. The Morgan fingerprint density at radius 2 is 1.39 bits per heavy atom. The van der Waals surface area contributed by atoms with Gasteiger partial charge in [-0.1, -0.05) is 81.4 Å². The van der Waals surface area contributed by atoms with Crippen LogP contribution >= 0.6 is 0 Å². The number of benzene rings is 1. The summed E-state index contributed by atoms with van der Waals surface area (Å²) in [4.78, 5) is 14.1.